The molecule has 124 valence electrons. The summed E-state index contributed by atoms with van der Waals surface area (Å²) in [5.74, 6) is 0. The van der Waals surface area contributed by atoms with Crippen LogP contribution in [0.25, 0.3) is 0 Å². The number of anilines is 3. The molecule has 2 heteroatoms. The maximum atomic E-state index is 2.42. The molecule has 5 rings (SSSR count). The van der Waals surface area contributed by atoms with Crippen LogP contribution in [0.5, 0.6) is 0 Å². The first-order chi connectivity index (χ1) is 12.9. The summed E-state index contributed by atoms with van der Waals surface area (Å²) in [5.41, 5.74) is 3.86. The number of rotatable bonds is 2. The topological polar surface area (TPSA) is 3.24 Å². The van der Waals surface area contributed by atoms with E-state index in [-0.39, 0.29) is 0 Å². The van der Waals surface area contributed by atoms with Gasteiger partial charge < -0.3 is 0 Å². The van der Waals surface area contributed by atoms with Gasteiger partial charge in [-0.05, 0) is 0 Å². The number of para-hydroxylation sites is 3. The molecule has 4 aromatic carbocycles. The second-order valence-electron chi connectivity index (χ2n) is 6.32. The zero-order valence-corrected chi connectivity index (χ0v) is 16.2. The molecular weight excluding hydrogens is 377 g/mol. The fourth-order valence-electron chi connectivity index (χ4n) is 3.65. The van der Waals surface area contributed by atoms with Crippen LogP contribution in [0.1, 0.15) is 0 Å². The first kappa shape index (κ1) is 15.5. The van der Waals surface area contributed by atoms with E-state index in [1.54, 1.807) is 0 Å². The summed E-state index contributed by atoms with van der Waals surface area (Å²) < 4.78 is 4.47. The summed E-state index contributed by atoms with van der Waals surface area (Å²) in [6.07, 6.45) is 0. The van der Waals surface area contributed by atoms with E-state index in [9.17, 15) is 0 Å². The number of hydrogen-bond acceptors (Lipinski definition) is 1. The Kier molecular flexibility index (Phi) is 3.88. The quantitative estimate of drug-likeness (QED) is 0.409. The van der Waals surface area contributed by atoms with E-state index < -0.39 is 14.7 Å². The molecule has 0 amide bonds. The van der Waals surface area contributed by atoms with Crippen molar-refractivity contribution in [1.82, 2.24) is 0 Å². The van der Waals surface area contributed by atoms with Gasteiger partial charge in [-0.25, -0.2) is 0 Å². The van der Waals surface area contributed by atoms with Gasteiger partial charge >= 0.3 is 159 Å². The molecule has 0 aliphatic carbocycles. The van der Waals surface area contributed by atoms with E-state index in [1.165, 1.54) is 30.1 Å². The average molecular weight is 395 g/mol. The Morgan fingerprint density at radius 3 is 1.50 bits per heavy atom. The van der Waals surface area contributed by atoms with Crippen molar-refractivity contribution in [3.8, 4) is 0 Å². The Hall–Kier alpha value is -2.76. The van der Waals surface area contributed by atoms with Crippen LogP contribution in [0.2, 0.25) is 0 Å². The zero-order valence-electron chi connectivity index (χ0n) is 14.3. The van der Waals surface area contributed by atoms with E-state index in [2.05, 4.69) is 114 Å². The molecule has 0 fully saturated rings. The fourth-order valence-corrected chi connectivity index (χ4v) is 9.03. The van der Waals surface area contributed by atoms with Crippen molar-refractivity contribution in [2.75, 3.05) is 4.90 Å². The van der Waals surface area contributed by atoms with Crippen molar-refractivity contribution in [3.63, 3.8) is 0 Å². The summed E-state index contributed by atoms with van der Waals surface area (Å²) >= 11 is -1.57. The molecule has 0 saturated carbocycles. The van der Waals surface area contributed by atoms with Crippen molar-refractivity contribution >= 4 is 44.8 Å². The predicted molar refractivity (Wildman–Crippen MR) is 112 cm³/mol. The van der Waals surface area contributed by atoms with Gasteiger partial charge in [0, 0.05) is 0 Å². The van der Waals surface area contributed by atoms with Crippen LogP contribution in [-0.4, -0.2) is 14.7 Å². The predicted octanol–water partition coefficient (Wildman–Crippen LogP) is 3.99. The third-order valence-corrected chi connectivity index (χ3v) is 10.1. The summed E-state index contributed by atoms with van der Waals surface area (Å²) in [5, 5.41) is 0. The normalized spacial score (nSPS) is 13.2. The van der Waals surface area contributed by atoms with Gasteiger partial charge in [-0.1, -0.05) is 0 Å². The minimum atomic E-state index is -1.57. The molecule has 0 N–H and O–H groups in total. The summed E-state index contributed by atoms with van der Waals surface area (Å²) in [7, 11) is 0. The Bertz CT molecular complexity index is 911. The molecule has 1 nitrogen and oxygen atoms in total. The number of benzene rings is 4. The summed E-state index contributed by atoms with van der Waals surface area (Å²) in [6.45, 7) is 0. The molecule has 0 radical (unpaired) electrons. The van der Waals surface area contributed by atoms with Gasteiger partial charge in [0.1, 0.15) is 0 Å². The summed E-state index contributed by atoms with van der Waals surface area (Å²) in [6, 6.07) is 39.6. The van der Waals surface area contributed by atoms with Crippen LogP contribution in [0.4, 0.5) is 17.1 Å². The van der Waals surface area contributed by atoms with Gasteiger partial charge in [-0.15, -0.1) is 0 Å². The molecule has 0 unspecified atom stereocenters. The van der Waals surface area contributed by atoms with E-state index in [0.29, 0.717) is 0 Å². The van der Waals surface area contributed by atoms with Crippen LogP contribution >= 0.6 is 0 Å². The van der Waals surface area contributed by atoms with Gasteiger partial charge in [0.05, 0.1) is 0 Å². The van der Waals surface area contributed by atoms with E-state index in [0.717, 1.165) is 0 Å². The minimum absolute atomic E-state index is 1.22. The second-order valence-corrected chi connectivity index (χ2v) is 10.8. The second kappa shape index (κ2) is 6.52. The number of nitrogens with zero attached hydrogens (tertiary/aromatic N) is 1. The third-order valence-electron chi connectivity index (χ3n) is 4.76. The van der Waals surface area contributed by atoms with Crippen LogP contribution < -0.4 is 18.0 Å². The van der Waals surface area contributed by atoms with Crippen LogP contribution in [0, 0.1) is 0 Å². The Balaban J connectivity index is 1.80. The molecule has 0 saturated heterocycles. The van der Waals surface area contributed by atoms with Crippen molar-refractivity contribution in [3.05, 3.63) is 109 Å². The van der Waals surface area contributed by atoms with Gasteiger partial charge in [-0.3, -0.25) is 0 Å². The third kappa shape index (κ3) is 2.48. The van der Waals surface area contributed by atoms with E-state index in [4.69, 9.17) is 0 Å². The molecule has 0 aromatic heterocycles. The molecule has 0 spiro atoms. The molecule has 1 aliphatic rings. The van der Waals surface area contributed by atoms with Crippen LogP contribution in [0.15, 0.2) is 109 Å². The van der Waals surface area contributed by atoms with E-state index in [1.807, 2.05) is 0 Å². The molecular formula is C24H18AsN. The van der Waals surface area contributed by atoms with Crippen molar-refractivity contribution in [2.24, 2.45) is 0 Å². The number of fused-ring (bicyclic) bond motifs is 2. The standard InChI is InChI=1S/C24H18AsN/c1-3-11-19(12-4-1)25-21-15-7-9-17-23(21)26(20-13-5-2-6-14-20)24-18-10-8-16-22(24)25/h1-18H. The number of hydrogen-bond donors (Lipinski definition) is 0. The van der Waals surface area contributed by atoms with Gasteiger partial charge in [-0.2, -0.15) is 0 Å². The SMILES string of the molecule is c1ccc(N2c3ccccc3[As](c3ccccc3)c3ccccc32)cc1. The monoisotopic (exact) mass is 395 g/mol. The Morgan fingerprint density at radius 1 is 0.462 bits per heavy atom. The molecule has 4 aromatic rings. The Labute approximate surface area is 158 Å². The molecule has 1 heterocycles. The maximum absolute atomic E-state index is 2.42. The van der Waals surface area contributed by atoms with Gasteiger partial charge in [0.25, 0.3) is 0 Å². The Morgan fingerprint density at radius 2 is 0.923 bits per heavy atom. The molecule has 1 aliphatic heterocycles. The first-order valence-electron chi connectivity index (χ1n) is 8.82. The van der Waals surface area contributed by atoms with E-state index >= 15 is 0 Å². The van der Waals surface area contributed by atoms with Crippen LogP contribution in [0.3, 0.4) is 0 Å². The van der Waals surface area contributed by atoms with Crippen LogP contribution in [-0.2, 0) is 0 Å². The summed E-state index contributed by atoms with van der Waals surface area (Å²) in [4.78, 5) is 2.42. The zero-order chi connectivity index (χ0) is 17.3. The molecule has 0 atom stereocenters. The van der Waals surface area contributed by atoms with Crippen molar-refractivity contribution in [2.45, 2.75) is 0 Å². The van der Waals surface area contributed by atoms with Gasteiger partial charge in [0.15, 0.2) is 0 Å². The molecule has 26 heavy (non-hydrogen) atoms. The van der Waals surface area contributed by atoms with Crippen molar-refractivity contribution in [1.29, 1.82) is 0 Å². The fraction of sp³-hybridized carbons (Fsp3) is 0. The first-order valence-corrected chi connectivity index (χ1v) is 11.6. The molecule has 0 bridgehead atoms. The van der Waals surface area contributed by atoms with Crippen molar-refractivity contribution < 1.29 is 0 Å². The van der Waals surface area contributed by atoms with Gasteiger partial charge in [0.2, 0.25) is 0 Å². The average Bonchev–Trinajstić information content (AvgIpc) is 2.73.